The second-order valence-corrected chi connectivity index (χ2v) is 6.00. The summed E-state index contributed by atoms with van der Waals surface area (Å²) >= 11 is 0. The molecule has 0 bridgehead atoms. The van der Waals surface area contributed by atoms with Crippen LogP contribution in [0.4, 0.5) is 0 Å². The number of rotatable bonds is 2. The Balaban J connectivity index is 2.23. The zero-order valence-corrected chi connectivity index (χ0v) is 10.6. The molecule has 2 aliphatic carbocycles. The first-order valence-corrected chi connectivity index (χ1v) is 6.65. The quantitative estimate of drug-likeness (QED) is 0.756. The summed E-state index contributed by atoms with van der Waals surface area (Å²) in [4.78, 5) is 0. The average Bonchev–Trinajstić information content (AvgIpc) is 2.64. The highest BCUT2D eigenvalue weighted by Gasteiger charge is 2.50. The zero-order valence-electron chi connectivity index (χ0n) is 10.6. The molecule has 3 N–H and O–H groups in total. The Morgan fingerprint density at radius 2 is 2.31 bits per heavy atom. The van der Waals surface area contributed by atoms with Gasteiger partial charge in [-0.15, -0.1) is 0 Å². The third kappa shape index (κ3) is 1.67. The molecule has 2 nitrogen and oxygen atoms in total. The van der Waals surface area contributed by atoms with Gasteiger partial charge >= 0.3 is 0 Å². The van der Waals surface area contributed by atoms with Crippen molar-refractivity contribution in [2.75, 3.05) is 6.61 Å². The fourth-order valence-corrected chi connectivity index (χ4v) is 4.34. The van der Waals surface area contributed by atoms with Gasteiger partial charge in [0, 0.05) is 6.61 Å². The van der Waals surface area contributed by atoms with E-state index in [9.17, 15) is 5.11 Å². The predicted octanol–water partition coefficient (Wildman–Crippen LogP) is 2.67. The third-order valence-corrected chi connectivity index (χ3v) is 5.23. The molecule has 2 heteroatoms. The molecule has 0 aliphatic heterocycles. The van der Waals surface area contributed by atoms with Crippen LogP contribution in [0.15, 0.2) is 11.8 Å². The predicted molar refractivity (Wildman–Crippen MR) is 66.7 cm³/mol. The van der Waals surface area contributed by atoms with Crippen LogP contribution in [0.3, 0.4) is 0 Å². The Hall–Kier alpha value is -0.500. The van der Waals surface area contributed by atoms with Crippen LogP contribution in [-0.2, 0) is 0 Å². The summed E-state index contributed by atoms with van der Waals surface area (Å²) < 4.78 is 0. The molecule has 2 saturated carbocycles. The number of hydrogen-bond acceptors (Lipinski definition) is 2. The van der Waals surface area contributed by atoms with E-state index in [1.807, 2.05) is 6.20 Å². The number of aliphatic hydroxyl groups excluding tert-OH is 1. The van der Waals surface area contributed by atoms with E-state index in [0.29, 0.717) is 29.8 Å². The van der Waals surface area contributed by atoms with Gasteiger partial charge in [0.1, 0.15) is 0 Å². The lowest BCUT2D eigenvalue weighted by atomic mass is 9.61. The standard InChI is InChI=1S/C14H25NO/c1-10(9-16)12-5-6-13-11(8-15)4-3-7-14(12,13)2/h8,10,12-13,16H,3-7,9,15H2,1-2H3/b11-8+/t10-,12-,13?,14?/m1/s1. The van der Waals surface area contributed by atoms with E-state index in [0.717, 1.165) is 0 Å². The fourth-order valence-electron chi connectivity index (χ4n) is 4.34. The number of hydrogen-bond donors (Lipinski definition) is 2. The van der Waals surface area contributed by atoms with Gasteiger partial charge in [0.2, 0.25) is 0 Å². The topological polar surface area (TPSA) is 46.2 Å². The lowest BCUT2D eigenvalue weighted by Crippen LogP contribution is -2.37. The summed E-state index contributed by atoms with van der Waals surface area (Å²) in [6, 6.07) is 0. The van der Waals surface area contributed by atoms with Crippen LogP contribution in [0.25, 0.3) is 0 Å². The van der Waals surface area contributed by atoms with Crippen LogP contribution < -0.4 is 5.73 Å². The molecule has 2 aliphatic rings. The summed E-state index contributed by atoms with van der Waals surface area (Å²) in [5.74, 6) is 1.80. The second-order valence-electron chi connectivity index (χ2n) is 6.00. The number of fused-ring (bicyclic) bond motifs is 1. The average molecular weight is 223 g/mol. The molecule has 2 rings (SSSR count). The van der Waals surface area contributed by atoms with Gasteiger partial charge in [0.25, 0.3) is 0 Å². The van der Waals surface area contributed by atoms with Crippen molar-refractivity contribution in [1.82, 2.24) is 0 Å². The van der Waals surface area contributed by atoms with Gasteiger partial charge in [-0.05, 0) is 61.5 Å². The summed E-state index contributed by atoms with van der Waals surface area (Å²) in [6.45, 7) is 4.94. The van der Waals surface area contributed by atoms with Crippen LogP contribution in [0.5, 0.6) is 0 Å². The SMILES string of the molecule is C[C@H](CO)[C@H]1CCC2/C(=C/N)CCCC21C. The minimum atomic E-state index is 0.328. The lowest BCUT2D eigenvalue weighted by molar-refractivity contribution is 0.0689. The Bertz CT molecular complexity index is 286. The molecule has 0 amide bonds. The Kier molecular flexibility index (Phi) is 3.29. The monoisotopic (exact) mass is 223 g/mol. The Labute approximate surface area is 98.9 Å². The van der Waals surface area contributed by atoms with Crippen molar-refractivity contribution in [3.05, 3.63) is 11.8 Å². The van der Waals surface area contributed by atoms with Crippen molar-refractivity contribution >= 4 is 0 Å². The molecule has 4 atom stereocenters. The maximum absolute atomic E-state index is 9.38. The summed E-state index contributed by atoms with van der Waals surface area (Å²) in [5.41, 5.74) is 7.63. The number of allylic oxidation sites excluding steroid dienone is 1. The Morgan fingerprint density at radius 1 is 1.56 bits per heavy atom. The van der Waals surface area contributed by atoms with E-state index in [1.54, 1.807) is 0 Å². The fraction of sp³-hybridized carbons (Fsp3) is 0.857. The van der Waals surface area contributed by atoms with Crippen molar-refractivity contribution in [3.8, 4) is 0 Å². The Morgan fingerprint density at radius 3 is 2.94 bits per heavy atom. The molecule has 2 unspecified atom stereocenters. The zero-order chi connectivity index (χ0) is 11.8. The largest absolute Gasteiger partial charge is 0.405 e. The molecule has 2 fully saturated rings. The van der Waals surface area contributed by atoms with Crippen LogP contribution in [0.1, 0.15) is 46.0 Å². The van der Waals surface area contributed by atoms with Crippen molar-refractivity contribution in [2.24, 2.45) is 28.9 Å². The maximum Gasteiger partial charge on any atom is 0.0459 e. The molecule has 0 heterocycles. The first-order chi connectivity index (χ1) is 7.63. The lowest BCUT2D eigenvalue weighted by Gasteiger charge is -2.44. The molecule has 0 radical (unpaired) electrons. The summed E-state index contributed by atoms with van der Waals surface area (Å²) in [5, 5.41) is 9.38. The van der Waals surface area contributed by atoms with Crippen molar-refractivity contribution in [2.45, 2.75) is 46.0 Å². The van der Waals surface area contributed by atoms with Crippen molar-refractivity contribution in [3.63, 3.8) is 0 Å². The number of nitrogens with two attached hydrogens (primary N) is 1. The van der Waals surface area contributed by atoms with Gasteiger partial charge in [0.15, 0.2) is 0 Å². The molecule has 16 heavy (non-hydrogen) atoms. The second kappa shape index (κ2) is 4.40. The van der Waals surface area contributed by atoms with Gasteiger partial charge < -0.3 is 10.8 Å². The molecule has 0 saturated heterocycles. The van der Waals surface area contributed by atoms with Crippen molar-refractivity contribution in [1.29, 1.82) is 0 Å². The summed E-state index contributed by atoms with van der Waals surface area (Å²) in [6.07, 6.45) is 8.16. The van der Waals surface area contributed by atoms with Crippen LogP contribution in [0, 0.1) is 23.2 Å². The molecule has 0 spiro atoms. The molecule has 0 aromatic rings. The molecule has 0 aromatic carbocycles. The van der Waals surface area contributed by atoms with Gasteiger partial charge in [-0.1, -0.05) is 19.4 Å². The van der Waals surface area contributed by atoms with Gasteiger partial charge in [-0.3, -0.25) is 0 Å². The van der Waals surface area contributed by atoms with E-state index in [4.69, 9.17) is 5.73 Å². The third-order valence-electron chi connectivity index (χ3n) is 5.23. The molecule has 92 valence electrons. The highest BCUT2D eigenvalue weighted by atomic mass is 16.3. The van der Waals surface area contributed by atoms with E-state index in [1.165, 1.54) is 37.7 Å². The molecular formula is C14H25NO. The normalized spacial score (nSPS) is 43.3. The van der Waals surface area contributed by atoms with Gasteiger partial charge in [0.05, 0.1) is 0 Å². The van der Waals surface area contributed by atoms with E-state index in [-0.39, 0.29) is 0 Å². The van der Waals surface area contributed by atoms with Crippen LogP contribution in [0.2, 0.25) is 0 Å². The molecule has 0 aromatic heterocycles. The van der Waals surface area contributed by atoms with E-state index < -0.39 is 0 Å². The minimum absolute atomic E-state index is 0.328. The highest BCUT2D eigenvalue weighted by molar-refractivity contribution is 5.17. The molecular weight excluding hydrogens is 198 g/mol. The van der Waals surface area contributed by atoms with Gasteiger partial charge in [-0.2, -0.15) is 0 Å². The van der Waals surface area contributed by atoms with Crippen LogP contribution in [-0.4, -0.2) is 11.7 Å². The first-order valence-electron chi connectivity index (χ1n) is 6.65. The van der Waals surface area contributed by atoms with Crippen molar-refractivity contribution < 1.29 is 5.11 Å². The van der Waals surface area contributed by atoms with E-state index in [2.05, 4.69) is 13.8 Å². The van der Waals surface area contributed by atoms with Gasteiger partial charge in [-0.25, -0.2) is 0 Å². The summed E-state index contributed by atoms with van der Waals surface area (Å²) in [7, 11) is 0. The minimum Gasteiger partial charge on any atom is -0.405 e. The highest BCUT2D eigenvalue weighted by Crippen LogP contribution is 2.59. The first kappa shape index (κ1) is 12.0. The number of aliphatic hydroxyl groups is 1. The maximum atomic E-state index is 9.38. The smallest absolute Gasteiger partial charge is 0.0459 e. The van der Waals surface area contributed by atoms with Crippen LogP contribution >= 0.6 is 0 Å². The van der Waals surface area contributed by atoms with E-state index >= 15 is 0 Å².